The number of hydrogen-bond acceptors (Lipinski definition) is 5. The van der Waals surface area contributed by atoms with Crippen molar-refractivity contribution in [3.8, 4) is 11.5 Å². The SMILES string of the molecule is CN(CCc1ccc2c(c1)OCCCO2)CNN. The van der Waals surface area contributed by atoms with Gasteiger partial charge in [-0.2, -0.15) is 0 Å². The van der Waals surface area contributed by atoms with Crippen molar-refractivity contribution in [2.45, 2.75) is 12.8 Å². The Bertz CT molecular complexity index is 384. The molecule has 5 heteroatoms. The number of rotatable bonds is 5. The first-order valence-electron chi connectivity index (χ1n) is 6.30. The van der Waals surface area contributed by atoms with E-state index in [0.717, 1.165) is 44.1 Å². The summed E-state index contributed by atoms with van der Waals surface area (Å²) in [7, 11) is 2.03. The number of nitrogens with two attached hydrogens (primary N) is 1. The van der Waals surface area contributed by atoms with Gasteiger partial charge in [0, 0.05) is 13.0 Å². The Labute approximate surface area is 108 Å². The van der Waals surface area contributed by atoms with E-state index in [-0.39, 0.29) is 0 Å². The third-order valence-corrected chi connectivity index (χ3v) is 2.96. The third kappa shape index (κ3) is 3.60. The molecule has 18 heavy (non-hydrogen) atoms. The van der Waals surface area contributed by atoms with E-state index in [4.69, 9.17) is 15.3 Å². The van der Waals surface area contributed by atoms with Gasteiger partial charge in [-0.15, -0.1) is 0 Å². The zero-order chi connectivity index (χ0) is 12.8. The van der Waals surface area contributed by atoms with Gasteiger partial charge in [-0.3, -0.25) is 10.7 Å². The number of fused-ring (bicyclic) bond motifs is 1. The second-order valence-corrected chi connectivity index (χ2v) is 4.52. The second kappa shape index (κ2) is 6.58. The Kier molecular flexibility index (Phi) is 4.81. The molecule has 1 aliphatic heterocycles. The summed E-state index contributed by atoms with van der Waals surface area (Å²) in [4.78, 5) is 2.13. The Balaban J connectivity index is 1.95. The molecule has 0 fully saturated rings. The summed E-state index contributed by atoms with van der Waals surface area (Å²) >= 11 is 0. The third-order valence-electron chi connectivity index (χ3n) is 2.96. The van der Waals surface area contributed by atoms with E-state index >= 15 is 0 Å². The minimum absolute atomic E-state index is 0.685. The molecule has 0 bridgehead atoms. The van der Waals surface area contributed by atoms with Gasteiger partial charge < -0.3 is 9.47 Å². The molecule has 0 radical (unpaired) electrons. The van der Waals surface area contributed by atoms with Crippen molar-refractivity contribution in [3.63, 3.8) is 0 Å². The lowest BCUT2D eigenvalue weighted by molar-refractivity contribution is 0.296. The highest BCUT2D eigenvalue weighted by molar-refractivity contribution is 5.43. The van der Waals surface area contributed by atoms with Crippen LogP contribution in [0.4, 0.5) is 0 Å². The summed E-state index contributed by atoms with van der Waals surface area (Å²) in [6, 6.07) is 6.17. The molecular formula is C13H21N3O2. The van der Waals surface area contributed by atoms with E-state index in [1.807, 2.05) is 13.1 Å². The van der Waals surface area contributed by atoms with Gasteiger partial charge in [-0.1, -0.05) is 6.07 Å². The molecular weight excluding hydrogens is 230 g/mol. The number of hydrazine groups is 1. The van der Waals surface area contributed by atoms with E-state index in [1.165, 1.54) is 5.56 Å². The number of nitrogens with zero attached hydrogens (tertiary/aromatic N) is 1. The molecule has 0 amide bonds. The average Bonchev–Trinajstić information content (AvgIpc) is 2.61. The van der Waals surface area contributed by atoms with Crippen LogP contribution in [-0.4, -0.2) is 38.4 Å². The Morgan fingerprint density at radius 1 is 1.28 bits per heavy atom. The summed E-state index contributed by atoms with van der Waals surface area (Å²) in [5.41, 5.74) is 3.90. The van der Waals surface area contributed by atoms with Crippen LogP contribution in [0, 0.1) is 0 Å². The minimum atomic E-state index is 0.685. The normalized spacial score (nSPS) is 14.6. The van der Waals surface area contributed by atoms with Crippen molar-refractivity contribution in [1.29, 1.82) is 0 Å². The largest absolute Gasteiger partial charge is 0.490 e. The van der Waals surface area contributed by atoms with Gasteiger partial charge in [0.2, 0.25) is 0 Å². The summed E-state index contributed by atoms with van der Waals surface area (Å²) < 4.78 is 11.3. The highest BCUT2D eigenvalue weighted by atomic mass is 16.5. The van der Waals surface area contributed by atoms with Gasteiger partial charge in [-0.05, 0) is 31.2 Å². The lowest BCUT2D eigenvalue weighted by Crippen LogP contribution is -2.36. The predicted molar refractivity (Wildman–Crippen MR) is 70.6 cm³/mol. The molecule has 0 atom stereocenters. The first-order chi connectivity index (χ1) is 8.79. The second-order valence-electron chi connectivity index (χ2n) is 4.52. The maximum Gasteiger partial charge on any atom is 0.161 e. The molecule has 0 aliphatic carbocycles. The molecule has 2 rings (SSSR count). The zero-order valence-corrected chi connectivity index (χ0v) is 10.8. The zero-order valence-electron chi connectivity index (χ0n) is 10.8. The number of hydrogen-bond donors (Lipinski definition) is 2. The summed E-state index contributed by atoms with van der Waals surface area (Å²) in [5, 5.41) is 0. The average molecular weight is 251 g/mol. The van der Waals surface area contributed by atoms with Gasteiger partial charge in [0.25, 0.3) is 0 Å². The van der Waals surface area contributed by atoms with Gasteiger partial charge in [0.1, 0.15) is 0 Å². The van der Waals surface area contributed by atoms with Crippen LogP contribution >= 0.6 is 0 Å². The lowest BCUT2D eigenvalue weighted by Gasteiger charge is -2.16. The van der Waals surface area contributed by atoms with Crippen LogP contribution in [0.3, 0.4) is 0 Å². The number of ether oxygens (including phenoxy) is 2. The fourth-order valence-electron chi connectivity index (χ4n) is 1.92. The van der Waals surface area contributed by atoms with Crippen LogP contribution in [0.25, 0.3) is 0 Å². The van der Waals surface area contributed by atoms with Gasteiger partial charge in [-0.25, -0.2) is 5.43 Å². The van der Waals surface area contributed by atoms with Crippen LogP contribution in [0.15, 0.2) is 18.2 Å². The smallest absolute Gasteiger partial charge is 0.161 e. The quantitative estimate of drug-likeness (QED) is 0.459. The molecule has 1 aromatic rings. The Hall–Kier alpha value is -1.30. The Morgan fingerprint density at radius 2 is 2.06 bits per heavy atom. The van der Waals surface area contributed by atoms with E-state index in [0.29, 0.717) is 6.67 Å². The summed E-state index contributed by atoms with van der Waals surface area (Å²) in [5.74, 6) is 7.00. The standard InChI is InChI=1S/C13H21N3O2/c1-16(10-15-14)6-5-11-3-4-12-13(9-11)18-8-2-7-17-12/h3-4,9,15H,2,5-8,10,14H2,1H3. The van der Waals surface area contributed by atoms with Crippen molar-refractivity contribution in [2.24, 2.45) is 5.84 Å². The number of benzene rings is 1. The van der Waals surface area contributed by atoms with E-state index < -0.39 is 0 Å². The highest BCUT2D eigenvalue weighted by Crippen LogP contribution is 2.30. The van der Waals surface area contributed by atoms with E-state index in [9.17, 15) is 0 Å². The molecule has 1 heterocycles. The van der Waals surface area contributed by atoms with Gasteiger partial charge in [0.05, 0.1) is 19.9 Å². The molecule has 0 unspecified atom stereocenters. The predicted octanol–water partition coefficient (Wildman–Crippen LogP) is 0.743. The van der Waals surface area contributed by atoms with E-state index in [1.54, 1.807) is 0 Å². The molecule has 0 saturated heterocycles. The fraction of sp³-hybridized carbons (Fsp3) is 0.538. The first kappa shape index (κ1) is 13.1. The topological polar surface area (TPSA) is 59.8 Å². The van der Waals surface area contributed by atoms with Crippen molar-refractivity contribution < 1.29 is 9.47 Å². The molecule has 100 valence electrons. The molecule has 0 saturated carbocycles. The first-order valence-corrected chi connectivity index (χ1v) is 6.30. The number of likely N-dealkylation sites (N-methyl/N-ethyl adjacent to an activating group) is 1. The van der Waals surface area contributed by atoms with Crippen molar-refractivity contribution in [1.82, 2.24) is 10.3 Å². The van der Waals surface area contributed by atoms with Crippen LogP contribution in [0.1, 0.15) is 12.0 Å². The fourth-order valence-corrected chi connectivity index (χ4v) is 1.92. The minimum Gasteiger partial charge on any atom is -0.490 e. The molecule has 1 aromatic carbocycles. The van der Waals surface area contributed by atoms with Crippen molar-refractivity contribution in [2.75, 3.05) is 33.5 Å². The molecule has 0 aromatic heterocycles. The lowest BCUT2D eigenvalue weighted by atomic mass is 10.1. The van der Waals surface area contributed by atoms with E-state index in [2.05, 4.69) is 22.5 Å². The molecule has 0 spiro atoms. The van der Waals surface area contributed by atoms with Crippen LogP contribution in [0.2, 0.25) is 0 Å². The van der Waals surface area contributed by atoms with Crippen molar-refractivity contribution >= 4 is 0 Å². The maximum atomic E-state index is 5.67. The summed E-state index contributed by atoms with van der Waals surface area (Å²) in [6.45, 7) is 3.10. The van der Waals surface area contributed by atoms with Crippen molar-refractivity contribution in [3.05, 3.63) is 23.8 Å². The molecule has 1 aliphatic rings. The van der Waals surface area contributed by atoms with Crippen LogP contribution in [-0.2, 0) is 6.42 Å². The monoisotopic (exact) mass is 251 g/mol. The molecule has 5 nitrogen and oxygen atoms in total. The molecule has 3 N–H and O–H groups in total. The highest BCUT2D eigenvalue weighted by Gasteiger charge is 2.10. The van der Waals surface area contributed by atoms with Gasteiger partial charge in [0.15, 0.2) is 11.5 Å². The van der Waals surface area contributed by atoms with Crippen LogP contribution < -0.4 is 20.7 Å². The Morgan fingerprint density at radius 3 is 2.83 bits per heavy atom. The van der Waals surface area contributed by atoms with Gasteiger partial charge >= 0.3 is 0 Å². The summed E-state index contributed by atoms with van der Waals surface area (Å²) in [6.07, 6.45) is 1.91. The maximum absolute atomic E-state index is 5.67. The number of nitrogens with one attached hydrogen (secondary N) is 1. The van der Waals surface area contributed by atoms with Crippen LogP contribution in [0.5, 0.6) is 11.5 Å².